The zero-order valence-electron chi connectivity index (χ0n) is 16.5. The summed E-state index contributed by atoms with van der Waals surface area (Å²) >= 11 is 5.92. The molecule has 1 saturated heterocycles. The van der Waals surface area contributed by atoms with Crippen molar-refractivity contribution in [3.63, 3.8) is 0 Å². The van der Waals surface area contributed by atoms with E-state index in [1.807, 2.05) is 41.3 Å². The van der Waals surface area contributed by atoms with Gasteiger partial charge in [0, 0.05) is 31.7 Å². The number of benzene rings is 1. The zero-order valence-corrected chi connectivity index (χ0v) is 17.3. The number of carbonyl (C=O) groups excluding carboxylic acids is 2. The lowest BCUT2D eigenvalue weighted by Crippen LogP contribution is -2.46. The molecule has 1 aromatic carbocycles. The van der Waals surface area contributed by atoms with Crippen LogP contribution < -0.4 is 0 Å². The zero-order chi connectivity index (χ0) is 20.3. The lowest BCUT2D eigenvalue weighted by atomic mass is 10.2. The molecule has 2 heterocycles. The number of hydrogen-bond acceptors (Lipinski definition) is 4. The van der Waals surface area contributed by atoms with Crippen LogP contribution >= 0.6 is 11.6 Å². The largest absolute Gasteiger partial charge is 0.459 e. The van der Waals surface area contributed by atoms with Crippen molar-refractivity contribution in [2.45, 2.75) is 25.4 Å². The lowest BCUT2D eigenvalue weighted by Gasteiger charge is -2.27. The summed E-state index contributed by atoms with van der Waals surface area (Å²) in [5.74, 6) is 1.49. The Morgan fingerprint density at radius 2 is 1.86 bits per heavy atom. The molecule has 1 fully saturated rings. The van der Waals surface area contributed by atoms with Crippen LogP contribution in [0.4, 0.5) is 0 Å². The Hall–Kier alpha value is -2.31. The second-order valence-electron chi connectivity index (χ2n) is 7.38. The topological polar surface area (TPSA) is 57.0 Å². The normalized spacial score (nSPS) is 16.9. The van der Waals surface area contributed by atoms with E-state index in [9.17, 15) is 9.59 Å². The maximum Gasteiger partial charge on any atom is 0.239 e. The van der Waals surface area contributed by atoms with Crippen LogP contribution in [0.2, 0.25) is 5.02 Å². The molecule has 1 atom stereocenters. The number of likely N-dealkylation sites (N-methyl/N-ethyl adjacent to an activating group) is 2. The molecule has 0 spiro atoms. The van der Waals surface area contributed by atoms with Crippen molar-refractivity contribution in [2.24, 2.45) is 0 Å². The molecule has 28 heavy (non-hydrogen) atoms. The van der Waals surface area contributed by atoms with Crippen LogP contribution in [0.25, 0.3) is 11.3 Å². The fourth-order valence-corrected chi connectivity index (χ4v) is 3.57. The van der Waals surface area contributed by atoms with Gasteiger partial charge in [-0.15, -0.1) is 0 Å². The van der Waals surface area contributed by atoms with Crippen molar-refractivity contribution in [3.8, 4) is 11.3 Å². The Kier molecular flexibility index (Phi) is 6.42. The summed E-state index contributed by atoms with van der Waals surface area (Å²) < 4.78 is 5.88. The van der Waals surface area contributed by atoms with Crippen molar-refractivity contribution >= 4 is 23.4 Å². The number of furan rings is 1. The molecule has 2 aromatic rings. The van der Waals surface area contributed by atoms with Crippen LogP contribution in [0.3, 0.4) is 0 Å². The number of amides is 2. The summed E-state index contributed by atoms with van der Waals surface area (Å²) in [6.45, 7) is 1.39. The van der Waals surface area contributed by atoms with Crippen molar-refractivity contribution in [3.05, 3.63) is 47.2 Å². The van der Waals surface area contributed by atoms with Gasteiger partial charge in [-0.1, -0.05) is 11.6 Å². The van der Waals surface area contributed by atoms with E-state index in [0.717, 1.165) is 30.7 Å². The molecule has 2 amide bonds. The minimum Gasteiger partial charge on any atom is -0.459 e. The summed E-state index contributed by atoms with van der Waals surface area (Å²) in [5.41, 5.74) is 0.937. The lowest BCUT2D eigenvalue weighted by molar-refractivity contribution is -0.136. The standard InChI is InChI=1S/C21H26ClN3O3/c1-23(2)21(27)18-5-4-12-25(18)14-20(26)24(3)13-17-10-11-19(28-17)15-6-8-16(22)9-7-15/h6-11,18H,4-5,12-14H2,1-3H3. The first-order chi connectivity index (χ1) is 13.3. The number of hydrogen-bond donors (Lipinski definition) is 0. The molecule has 0 radical (unpaired) electrons. The molecule has 1 aliphatic rings. The number of halogens is 1. The highest BCUT2D eigenvalue weighted by Crippen LogP contribution is 2.24. The van der Waals surface area contributed by atoms with E-state index in [0.29, 0.717) is 17.3 Å². The van der Waals surface area contributed by atoms with Gasteiger partial charge in [-0.2, -0.15) is 0 Å². The molecule has 7 heteroatoms. The molecule has 0 aliphatic carbocycles. The monoisotopic (exact) mass is 403 g/mol. The Morgan fingerprint density at radius 1 is 1.14 bits per heavy atom. The summed E-state index contributed by atoms with van der Waals surface area (Å²) in [6.07, 6.45) is 1.74. The second-order valence-corrected chi connectivity index (χ2v) is 7.82. The van der Waals surface area contributed by atoms with Gasteiger partial charge in [0.15, 0.2) is 0 Å². The predicted octanol–water partition coefficient (Wildman–Crippen LogP) is 3.11. The van der Waals surface area contributed by atoms with E-state index in [-0.39, 0.29) is 24.4 Å². The molecular formula is C21H26ClN3O3. The van der Waals surface area contributed by atoms with Crippen molar-refractivity contribution < 1.29 is 14.0 Å². The van der Waals surface area contributed by atoms with Gasteiger partial charge in [0.1, 0.15) is 11.5 Å². The average molecular weight is 404 g/mol. The van der Waals surface area contributed by atoms with Gasteiger partial charge >= 0.3 is 0 Å². The highest BCUT2D eigenvalue weighted by molar-refractivity contribution is 6.30. The Labute approximate surface area is 170 Å². The minimum absolute atomic E-state index is 0.0251. The molecule has 1 aliphatic heterocycles. The molecule has 6 nitrogen and oxygen atoms in total. The van der Waals surface area contributed by atoms with Crippen molar-refractivity contribution in [1.82, 2.24) is 14.7 Å². The van der Waals surface area contributed by atoms with Crippen LogP contribution in [0.1, 0.15) is 18.6 Å². The first-order valence-corrected chi connectivity index (χ1v) is 9.77. The Balaban J connectivity index is 1.58. The number of nitrogens with zero attached hydrogens (tertiary/aromatic N) is 3. The molecule has 3 rings (SSSR count). The predicted molar refractivity (Wildman–Crippen MR) is 109 cm³/mol. The van der Waals surface area contributed by atoms with Crippen molar-refractivity contribution in [2.75, 3.05) is 34.2 Å². The first kappa shape index (κ1) is 20.4. The third-order valence-corrected chi connectivity index (χ3v) is 5.29. The minimum atomic E-state index is -0.201. The third kappa shape index (κ3) is 4.75. The van der Waals surface area contributed by atoms with E-state index in [1.54, 1.807) is 30.9 Å². The highest BCUT2D eigenvalue weighted by Gasteiger charge is 2.33. The maximum absolute atomic E-state index is 12.7. The molecule has 0 N–H and O–H groups in total. The second kappa shape index (κ2) is 8.80. The number of rotatable bonds is 6. The molecule has 150 valence electrons. The summed E-state index contributed by atoms with van der Waals surface area (Å²) in [4.78, 5) is 30.2. The van der Waals surface area contributed by atoms with Crippen LogP contribution in [0.15, 0.2) is 40.8 Å². The van der Waals surface area contributed by atoms with E-state index in [1.165, 1.54) is 0 Å². The number of carbonyl (C=O) groups is 2. The van der Waals surface area contributed by atoms with Gasteiger partial charge in [0.05, 0.1) is 19.1 Å². The summed E-state index contributed by atoms with van der Waals surface area (Å²) in [6, 6.07) is 11.0. The Morgan fingerprint density at radius 3 is 2.54 bits per heavy atom. The SMILES string of the molecule is CN(C)C(=O)C1CCCN1CC(=O)N(C)Cc1ccc(-c2ccc(Cl)cc2)o1. The van der Waals surface area contributed by atoms with Gasteiger partial charge in [-0.25, -0.2) is 0 Å². The first-order valence-electron chi connectivity index (χ1n) is 9.39. The molecule has 1 unspecified atom stereocenters. The smallest absolute Gasteiger partial charge is 0.239 e. The van der Waals surface area contributed by atoms with E-state index in [2.05, 4.69) is 0 Å². The fourth-order valence-electron chi connectivity index (χ4n) is 3.44. The number of likely N-dealkylation sites (tertiary alicyclic amines) is 1. The summed E-state index contributed by atoms with van der Waals surface area (Å²) in [7, 11) is 5.26. The van der Waals surface area contributed by atoms with Gasteiger partial charge in [-0.05, 0) is 55.8 Å². The van der Waals surface area contributed by atoms with Gasteiger partial charge in [0.2, 0.25) is 11.8 Å². The van der Waals surface area contributed by atoms with E-state index >= 15 is 0 Å². The van der Waals surface area contributed by atoms with Crippen LogP contribution in [-0.4, -0.2) is 66.8 Å². The Bertz CT molecular complexity index is 832. The molecule has 0 bridgehead atoms. The van der Waals surface area contributed by atoms with Crippen LogP contribution in [-0.2, 0) is 16.1 Å². The van der Waals surface area contributed by atoms with Gasteiger partial charge < -0.3 is 14.2 Å². The fraction of sp³-hybridized carbons (Fsp3) is 0.429. The maximum atomic E-state index is 12.7. The quantitative estimate of drug-likeness (QED) is 0.743. The molecule has 0 saturated carbocycles. The van der Waals surface area contributed by atoms with Crippen molar-refractivity contribution in [1.29, 1.82) is 0 Å². The summed E-state index contributed by atoms with van der Waals surface area (Å²) in [5, 5.41) is 0.675. The van der Waals surface area contributed by atoms with Crippen LogP contribution in [0, 0.1) is 0 Å². The third-order valence-electron chi connectivity index (χ3n) is 5.04. The highest BCUT2D eigenvalue weighted by atomic mass is 35.5. The van der Waals surface area contributed by atoms with E-state index in [4.69, 9.17) is 16.0 Å². The van der Waals surface area contributed by atoms with Gasteiger partial charge in [0.25, 0.3) is 0 Å². The average Bonchev–Trinajstić information content (AvgIpc) is 3.31. The molecular weight excluding hydrogens is 378 g/mol. The van der Waals surface area contributed by atoms with Crippen LogP contribution in [0.5, 0.6) is 0 Å². The molecule has 1 aromatic heterocycles. The van der Waals surface area contributed by atoms with E-state index < -0.39 is 0 Å². The van der Waals surface area contributed by atoms with Gasteiger partial charge in [-0.3, -0.25) is 14.5 Å².